The van der Waals surface area contributed by atoms with Crippen LogP contribution in [0.3, 0.4) is 0 Å². The molecule has 0 bridgehead atoms. The van der Waals surface area contributed by atoms with Crippen molar-refractivity contribution in [3.63, 3.8) is 0 Å². The molecule has 156 valence electrons. The highest BCUT2D eigenvalue weighted by atomic mass is 79.9. The summed E-state index contributed by atoms with van der Waals surface area (Å²) in [5.74, 6) is 1.42. The van der Waals surface area contributed by atoms with Gasteiger partial charge in [0.1, 0.15) is 18.1 Å². The van der Waals surface area contributed by atoms with Gasteiger partial charge in [-0.1, -0.05) is 36.4 Å². The molecule has 30 heavy (non-hydrogen) atoms. The molecule has 1 N–H and O–H groups in total. The first-order valence-electron chi connectivity index (χ1n) is 9.94. The van der Waals surface area contributed by atoms with Crippen molar-refractivity contribution >= 4 is 33.3 Å². The van der Waals surface area contributed by atoms with E-state index in [1.54, 1.807) is 9.58 Å². The van der Waals surface area contributed by atoms with Crippen LogP contribution in [0.15, 0.2) is 46.9 Å². The van der Waals surface area contributed by atoms with Crippen LogP contribution in [0.4, 0.5) is 11.5 Å². The van der Waals surface area contributed by atoms with Gasteiger partial charge in [0.25, 0.3) is 5.91 Å². The summed E-state index contributed by atoms with van der Waals surface area (Å²) in [6.45, 7) is 7.26. The zero-order valence-electron chi connectivity index (χ0n) is 17.6. The molecule has 2 heterocycles. The van der Waals surface area contributed by atoms with E-state index in [9.17, 15) is 4.79 Å². The first kappa shape index (κ1) is 20.5. The number of likely N-dealkylation sites (N-methyl/N-ethyl adjacent to an activating group) is 1. The van der Waals surface area contributed by atoms with E-state index < -0.39 is 0 Å². The minimum atomic E-state index is -0.0328. The molecule has 0 spiro atoms. The van der Waals surface area contributed by atoms with Crippen molar-refractivity contribution in [1.82, 2.24) is 14.7 Å². The molecule has 1 amide bonds. The second-order valence-corrected chi connectivity index (χ2v) is 8.53. The number of ether oxygens (including phenoxy) is 1. The molecule has 2 aromatic carbocycles. The Morgan fingerprint density at radius 2 is 1.93 bits per heavy atom. The number of fused-ring (bicyclic) bond motifs is 1. The predicted molar refractivity (Wildman–Crippen MR) is 121 cm³/mol. The summed E-state index contributed by atoms with van der Waals surface area (Å²) >= 11 is 3.59. The Balaban J connectivity index is 1.62. The Bertz CT molecular complexity index is 1090. The lowest BCUT2D eigenvalue weighted by Gasteiger charge is -2.30. The number of nitrogens with zero attached hydrogens (tertiary/aromatic N) is 3. The summed E-state index contributed by atoms with van der Waals surface area (Å²) in [6.07, 6.45) is 0. The molecule has 0 unspecified atom stereocenters. The van der Waals surface area contributed by atoms with Crippen molar-refractivity contribution in [2.24, 2.45) is 0 Å². The molecular formula is C23H25BrN4O2. The number of benzene rings is 2. The van der Waals surface area contributed by atoms with Crippen LogP contribution in [0, 0.1) is 13.8 Å². The van der Waals surface area contributed by atoms with Gasteiger partial charge in [0, 0.05) is 24.3 Å². The fraction of sp³-hybridized carbons (Fsp3) is 0.304. The monoisotopic (exact) mass is 468 g/mol. The molecule has 1 atom stereocenters. The van der Waals surface area contributed by atoms with Gasteiger partial charge in [-0.05, 0) is 53.9 Å². The molecule has 1 aliphatic rings. The fourth-order valence-electron chi connectivity index (χ4n) is 3.63. The molecule has 4 rings (SSSR count). The van der Waals surface area contributed by atoms with Crippen LogP contribution in [0.5, 0.6) is 5.75 Å². The smallest absolute Gasteiger partial charge is 0.273 e. The number of halogens is 1. The summed E-state index contributed by atoms with van der Waals surface area (Å²) in [5, 5.41) is 8.08. The van der Waals surface area contributed by atoms with Gasteiger partial charge in [0.05, 0.1) is 11.0 Å². The minimum absolute atomic E-state index is 0.0328. The standard InChI is InChI=1S/C23H25BrN4O2/c1-14-10-11-18(30-13-17-8-6-5-7-9-17)16(3)20(14)25-22-19(24)21-23(29)27(4)15(2)12-28(21)26-22/h5-11,15H,12-13H2,1-4H3,(H,25,26)/t15-/m0/s1. The van der Waals surface area contributed by atoms with Gasteiger partial charge >= 0.3 is 0 Å². The quantitative estimate of drug-likeness (QED) is 0.568. The molecule has 3 aromatic rings. The Hall–Kier alpha value is -2.80. The maximum atomic E-state index is 12.7. The Morgan fingerprint density at radius 3 is 2.67 bits per heavy atom. The number of aryl methyl sites for hydroxylation is 1. The lowest BCUT2D eigenvalue weighted by atomic mass is 10.1. The third-order valence-electron chi connectivity index (χ3n) is 5.62. The second kappa shape index (κ2) is 8.14. The summed E-state index contributed by atoms with van der Waals surface area (Å²) in [5.41, 5.74) is 4.71. The third kappa shape index (κ3) is 3.69. The van der Waals surface area contributed by atoms with Crippen LogP contribution in [-0.4, -0.2) is 33.7 Å². The van der Waals surface area contributed by atoms with Crippen LogP contribution in [-0.2, 0) is 13.2 Å². The predicted octanol–water partition coefficient (Wildman–Crippen LogP) is 5.06. The van der Waals surface area contributed by atoms with Gasteiger partial charge in [0.2, 0.25) is 0 Å². The van der Waals surface area contributed by atoms with Crippen molar-refractivity contribution < 1.29 is 9.53 Å². The second-order valence-electron chi connectivity index (χ2n) is 7.74. The normalized spacial score (nSPS) is 15.8. The molecule has 1 aliphatic heterocycles. The van der Waals surface area contributed by atoms with Crippen molar-refractivity contribution in [3.05, 3.63) is 69.3 Å². The largest absolute Gasteiger partial charge is 0.489 e. The van der Waals surface area contributed by atoms with Gasteiger partial charge in [-0.15, -0.1) is 0 Å². The van der Waals surface area contributed by atoms with E-state index in [4.69, 9.17) is 4.74 Å². The fourth-order valence-corrected chi connectivity index (χ4v) is 4.18. The molecule has 0 fully saturated rings. The number of aromatic nitrogens is 2. The van der Waals surface area contributed by atoms with E-state index in [0.29, 0.717) is 29.1 Å². The summed E-state index contributed by atoms with van der Waals surface area (Å²) in [4.78, 5) is 14.5. The highest BCUT2D eigenvalue weighted by molar-refractivity contribution is 9.10. The van der Waals surface area contributed by atoms with Gasteiger partial charge in [-0.3, -0.25) is 9.48 Å². The van der Waals surface area contributed by atoms with Crippen molar-refractivity contribution in [1.29, 1.82) is 0 Å². The first-order chi connectivity index (χ1) is 14.4. The average Bonchev–Trinajstić information content (AvgIpc) is 3.04. The number of amides is 1. The van der Waals surface area contributed by atoms with Crippen LogP contribution in [0.1, 0.15) is 34.1 Å². The number of hydrogen-bond acceptors (Lipinski definition) is 4. The van der Waals surface area contributed by atoms with E-state index in [0.717, 1.165) is 28.1 Å². The average molecular weight is 469 g/mol. The first-order valence-corrected chi connectivity index (χ1v) is 10.7. The molecule has 7 heteroatoms. The van der Waals surface area contributed by atoms with E-state index in [1.807, 2.05) is 70.3 Å². The Kier molecular flexibility index (Phi) is 5.56. The highest BCUT2D eigenvalue weighted by Crippen LogP contribution is 2.36. The van der Waals surface area contributed by atoms with Gasteiger partial charge in [0.15, 0.2) is 5.82 Å². The summed E-state index contributed by atoms with van der Waals surface area (Å²) in [7, 11) is 1.82. The lowest BCUT2D eigenvalue weighted by molar-refractivity contribution is 0.0664. The van der Waals surface area contributed by atoms with Crippen LogP contribution in [0.2, 0.25) is 0 Å². The molecular weight excluding hydrogens is 444 g/mol. The number of hydrogen-bond donors (Lipinski definition) is 1. The maximum Gasteiger partial charge on any atom is 0.273 e. The number of nitrogens with one attached hydrogen (secondary N) is 1. The summed E-state index contributed by atoms with van der Waals surface area (Å²) < 4.78 is 8.53. The van der Waals surface area contributed by atoms with E-state index in [2.05, 4.69) is 26.3 Å². The van der Waals surface area contributed by atoms with E-state index >= 15 is 0 Å². The molecule has 0 radical (unpaired) electrons. The maximum absolute atomic E-state index is 12.7. The minimum Gasteiger partial charge on any atom is -0.489 e. The topological polar surface area (TPSA) is 59.4 Å². The molecule has 0 saturated carbocycles. The van der Waals surface area contributed by atoms with Gasteiger partial charge in [-0.25, -0.2) is 0 Å². The molecule has 0 aliphatic carbocycles. The van der Waals surface area contributed by atoms with Crippen LogP contribution < -0.4 is 10.1 Å². The number of carbonyl (C=O) groups is 1. The molecule has 1 aromatic heterocycles. The molecule has 6 nitrogen and oxygen atoms in total. The zero-order chi connectivity index (χ0) is 21.4. The third-order valence-corrected chi connectivity index (χ3v) is 6.37. The van der Waals surface area contributed by atoms with E-state index in [1.165, 1.54) is 0 Å². The zero-order valence-corrected chi connectivity index (χ0v) is 19.2. The number of carbonyl (C=O) groups excluding carboxylic acids is 1. The van der Waals surface area contributed by atoms with Crippen molar-refractivity contribution in [2.45, 2.75) is 40.0 Å². The highest BCUT2D eigenvalue weighted by Gasteiger charge is 2.32. The van der Waals surface area contributed by atoms with Crippen molar-refractivity contribution in [2.75, 3.05) is 12.4 Å². The van der Waals surface area contributed by atoms with Crippen LogP contribution in [0.25, 0.3) is 0 Å². The Morgan fingerprint density at radius 1 is 1.20 bits per heavy atom. The number of rotatable bonds is 5. The van der Waals surface area contributed by atoms with E-state index in [-0.39, 0.29) is 11.9 Å². The lowest BCUT2D eigenvalue weighted by Crippen LogP contribution is -2.44. The van der Waals surface area contributed by atoms with Crippen LogP contribution >= 0.6 is 15.9 Å². The summed E-state index contributed by atoms with van der Waals surface area (Å²) in [6, 6.07) is 14.2. The molecule has 0 saturated heterocycles. The van der Waals surface area contributed by atoms with Crippen molar-refractivity contribution in [3.8, 4) is 5.75 Å². The number of anilines is 2. The Labute approximate surface area is 185 Å². The van der Waals surface area contributed by atoms with Gasteiger partial charge < -0.3 is 15.0 Å². The SMILES string of the molecule is Cc1ccc(OCc2ccccc2)c(C)c1Nc1nn2c(c1Br)C(=O)N(C)[C@@H](C)C2. The van der Waals surface area contributed by atoms with Gasteiger partial charge in [-0.2, -0.15) is 5.10 Å².